The highest BCUT2D eigenvalue weighted by molar-refractivity contribution is 6.06. The minimum atomic E-state index is 0.175. The highest BCUT2D eigenvalue weighted by atomic mass is 16.3. The number of para-hydroxylation sites is 1. The fraction of sp³-hybridized carbons (Fsp3) is 0.192. The summed E-state index contributed by atoms with van der Waals surface area (Å²) < 4.78 is 6.23. The summed E-state index contributed by atoms with van der Waals surface area (Å²) >= 11 is 0. The van der Waals surface area contributed by atoms with Crippen molar-refractivity contribution < 1.29 is 4.42 Å². The van der Waals surface area contributed by atoms with Crippen molar-refractivity contribution in [1.82, 2.24) is 0 Å². The van der Waals surface area contributed by atoms with E-state index in [1.807, 2.05) is 6.07 Å². The van der Waals surface area contributed by atoms with Gasteiger partial charge in [-0.15, -0.1) is 0 Å². The van der Waals surface area contributed by atoms with Crippen molar-refractivity contribution in [3.8, 4) is 33.4 Å². The van der Waals surface area contributed by atoms with Gasteiger partial charge in [-0.25, -0.2) is 0 Å². The fourth-order valence-corrected chi connectivity index (χ4v) is 11.9. The van der Waals surface area contributed by atoms with Crippen LogP contribution < -0.4 is 4.90 Å². The normalized spacial score (nSPS) is 23.3. The van der Waals surface area contributed by atoms with Gasteiger partial charge >= 0.3 is 0 Å². The predicted octanol–water partition coefficient (Wildman–Crippen LogP) is 14.1. The van der Waals surface area contributed by atoms with E-state index in [9.17, 15) is 0 Å². The Hall–Kier alpha value is -5.86. The van der Waals surface area contributed by atoms with Crippen molar-refractivity contribution in [1.29, 1.82) is 0 Å². The van der Waals surface area contributed by atoms with E-state index >= 15 is 0 Å². The molecule has 0 aliphatic heterocycles. The first-order chi connectivity index (χ1) is 26.7. The Morgan fingerprint density at radius 3 is 1.70 bits per heavy atom. The predicted molar refractivity (Wildman–Crippen MR) is 223 cm³/mol. The minimum Gasteiger partial charge on any atom is -0.456 e. The van der Waals surface area contributed by atoms with Gasteiger partial charge in [0.15, 0.2) is 0 Å². The Bertz CT molecular complexity index is 2690. The SMILES string of the molecule is c1ccc(-c2ccc(N(c3ccc(-c4ccc5c(c4)C4(c6ccccc6-5)C5CC6CC(C5)CC4C6)cc3)c3ccc4oc5ccccc5c4c3)cc2)cc1. The molecule has 0 amide bonds. The standard InChI is InChI=1S/C52H41NO/c1-2-8-35(9-3-1)36-14-19-41(20-15-36)53(43-23-25-51-47(32-43)46-11-5-7-13-50(46)54-51)42-21-16-37(17-22-42)38-18-24-45-44-10-4-6-12-48(44)52(49(45)31-38)39-27-33-26-34(29-39)30-40(52)28-33/h1-25,31-34,39-40H,26-30H2. The van der Waals surface area contributed by atoms with Gasteiger partial charge in [0.1, 0.15) is 11.2 Å². The number of furan rings is 1. The summed E-state index contributed by atoms with van der Waals surface area (Å²) in [5.41, 5.74) is 16.6. The van der Waals surface area contributed by atoms with Crippen LogP contribution in [0.2, 0.25) is 0 Å². The lowest BCUT2D eigenvalue weighted by Gasteiger charge is -2.61. The maximum absolute atomic E-state index is 6.23. The molecule has 5 aliphatic rings. The van der Waals surface area contributed by atoms with Gasteiger partial charge in [0.05, 0.1) is 0 Å². The maximum Gasteiger partial charge on any atom is 0.135 e. The Morgan fingerprint density at radius 1 is 0.407 bits per heavy atom. The van der Waals surface area contributed by atoms with Crippen LogP contribution in [0.25, 0.3) is 55.3 Å². The number of hydrogen-bond acceptors (Lipinski definition) is 2. The number of rotatable bonds is 5. The summed E-state index contributed by atoms with van der Waals surface area (Å²) in [5.74, 6) is 3.41. The molecular weight excluding hydrogens is 655 g/mol. The molecule has 0 atom stereocenters. The van der Waals surface area contributed by atoms with Crippen molar-refractivity contribution in [2.45, 2.75) is 37.5 Å². The van der Waals surface area contributed by atoms with Gasteiger partial charge in [0.2, 0.25) is 0 Å². The molecule has 4 fully saturated rings. The minimum absolute atomic E-state index is 0.175. The van der Waals surface area contributed by atoms with Gasteiger partial charge in [-0.05, 0) is 155 Å². The molecule has 8 aromatic rings. The topological polar surface area (TPSA) is 16.4 Å². The van der Waals surface area contributed by atoms with Crippen LogP contribution in [0.3, 0.4) is 0 Å². The second-order valence-electron chi connectivity index (χ2n) is 16.6. The van der Waals surface area contributed by atoms with Crippen molar-refractivity contribution >= 4 is 39.0 Å². The van der Waals surface area contributed by atoms with E-state index in [0.717, 1.165) is 62.7 Å². The fourth-order valence-electron chi connectivity index (χ4n) is 11.9. The van der Waals surface area contributed by atoms with Crippen molar-refractivity contribution in [2.24, 2.45) is 23.7 Å². The first-order valence-electron chi connectivity index (χ1n) is 19.9. The van der Waals surface area contributed by atoms with E-state index in [0.29, 0.717) is 0 Å². The number of fused-ring (bicyclic) bond motifs is 6. The zero-order chi connectivity index (χ0) is 35.4. The van der Waals surface area contributed by atoms with E-state index in [-0.39, 0.29) is 5.41 Å². The summed E-state index contributed by atoms with van der Waals surface area (Å²) in [6, 6.07) is 60.6. The van der Waals surface area contributed by atoms with Crippen LogP contribution in [0.15, 0.2) is 168 Å². The number of benzene rings is 7. The molecule has 4 saturated carbocycles. The molecule has 1 heterocycles. The average Bonchev–Trinajstić information content (AvgIpc) is 3.74. The number of anilines is 3. The van der Waals surface area contributed by atoms with Gasteiger partial charge in [-0.1, -0.05) is 109 Å². The Kier molecular flexibility index (Phi) is 6.55. The third kappa shape index (κ3) is 4.40. The molecule has 2 heteroatoms. The lowest BCUT2D eigenvalue weighted by atomic mass is 9.43. The third-order valence-electron chi connectivity index (χ3n) is 13.9. The third-order valence-corrected chi connectivity index (χ3v) is 13.9. The second-order valence-corrected chi connectivity index (χ2v) is 16.6. The molecule has 0 unspecified atom stereocenters. The number of nitrogens with zero attached hydrogens (tertiary/aromatic N) is 1. The van der Waals surface area contributed by atoms with Crippen LogP contribution in [-0.4, -0.2) is 0 Å². The largest absolute Gasteiger partial charge is 0.456 e. The zero-order valence-corrected chi connectivity index (χ0v) is 30.3. The van der Waals surface area contributed by atoms with Gasteiger partial charge in [-0.2, -0.15) is 0 Å². The van der Waals surface area contributed by atoms with Gasteiger partial charge < -0.3 is 9.32 Å². The molecule has 0 radical (unpaired) electrons. The monoisotopic (exact) mass is 695 g/mol. The second kappa shape index (κ2) is 11.6. The van der Waals surface area contributed by atoms with E-state index in [4.69, 9.17) is 4.42 Å². The smallest absolute Gasteiger partial charge is 0.135 e. The van der Waals surface area contributed by atoms with E-state index < -0.39 is 0 Å². The Balaban J connectivity index is 0.957. The van der Waals surface area contributed by atoms with Crippen molar-refractivity contribution in [2.75, 3.05) is 4.90 Å². The molecule has 4 bridgehead atoms. The summed E-state index contributed by atoms with van der Waals surface area (Å²) in [7, 11) is 0. The maximum atomic E-state index is 6.23. The van der Waals surface area contributed by atoms with Gasteiger partial charge in [-0.3, -0.25) is 0 Å². The highest BCUT2D eigenvalue weighted by Gasteiger charge is 2.61. The average molecular weight is 696 g/mol. The molecular formula is C52H41NO. The summed E-state index contributed by atoms with van der Waals surface area (Å²) in [4.78, 5) is 2.38. The summed E-state index contributed by atoms with van der Waals surface area (Å²) in [5, 5.41) is 2.27. The summed E-state index contributed by atoms with van der Waals surface area (Å²) in [6.07, 6.45) is 7.10. The lowest BCUT2D eigenvalue weighted by Crippen LogP contribution is -2.55. The van der Waals surface area contributed by atoms with Gasteiger partial charge in [0, 0.05) is 33.2 Å². The van der Waals surface area contributed by atoms with E-state index in [1.165, 1.54) is 65.5 Å². The number of hydrogen-bond donors (Lipinski definition) is 0. The molecule has 260 valence electrons. The first kappa shape index (κ1) is 30.6. The van der Waals surface area contributed by atoms with Crippen molar-refractivity contribution in [3.05, 3.63) is 175 Å². The van der Waals surface area contributed by atoms with Crippen LogP contribution in [0.1, 0.15) is 43.2 Å². The van der Waals surface area contributed by atoms with Crippen LogP contribution >= 0.6 is 0 Å². The quantitative estimate of drug-likeness (QED) is 0.178. The lowest BCUT2D eigenvalue weighted by molar-refractivity contribution is -0.0399. The molecule has 0 saturated heterocycles. The molecule has 7 aromatic carbocycles. The van der Waals surface area contributed by atoms with E-state index in [2.05, 4.69) is 163 Å². The Labute approximate surface area is 316 Å². The zero-order valence-electron chi connectivity index (χ0n) is 30.3. The summed E-state index contributed by atoms with van der Waals surface area (Å²) in [6.45, 7) is 0. The molecule has 5 aliphatic carbocycles. The van der Waals surface area contributed by atoms with E-state index in [1.54, 1.807) is 11.1 Å². The van der Waals surface area contributed by atoms with Crippen molar-refractivity contribution in [3.63, 3.8) is 0 Å². The van der Waals surface area contributed by atoms with Gasteiger partial charge in [0.25, 0.3) is 0 Å². The Morgan fingerprint density at radius 2 is 0.963 bits per heavy atom. The molecule has 13 rings (SSSR count). The van der Waals surface area contributed by atoms with Crippen LogP contribution in [0, 0.1) is 23.7 Å². The van der Waals surface area contributed by atoms with Crippen LogP contribution in [0.5, 0.6) is 0 Å². The van der Waals surface area contributed by atoms with Crippen LogP contribution in [-0.2, 0) is 5.41 Å². The first-order valence-corrected chi connectivity index (χ1v) is 19.9. The molecule has 1 aromatic heterocycles. The molecule has 54 heavy (non-hydrogen) atoms. The highest BCUT2D eigenvalue weighted by Crippen LogP contribution is 2.69. The molecule has 0 N–H and O–H groups in total. The molecule has 1 spiro atoms. The van der Waals surface area contributed by atoms with Crippen LogP contribution in [0.4, 0.5) is 17.1 Å². The molecule has 2 nitrogen and oxygen atoms in total.